The fourth-order valence-electron chi connectivity index (χ4n) is 7.13. The Morgan fingerprint density at radius 2 is 0.541 bits per heavy atom. The zero-order valence-electron chi connectivity index (χ0n) is 39.4. The molecule has 0 heterocycles. The van der Waals surface area contributed by atoms with Crippen LogP contribution in [0.1, 0.15) is 258 Å². The number of allylic oxidation sites excluding steroid dienone is 2. The molecule has 356 valence electrons. The van der Waals surface area contributed by atoms with E-state index in [0.29, 0.717) is 12.8 Å². The summed E-state index contributed by atoms with van der Waals surface area (Å²) in [5.74, 6) is -2.87. The van der Waals surface area contributed by atoms with Gasteiger partial charge < -0.3 is 19.8 Å². The Morgan fingerprint density at radius 3 is 0.721 bits per heavy atom. The van der Waals surface area contributed by atoms with E-state index in [1.54, 1.807) is 12.2 Å². The summed E-state index contributed by atoms with van der Waals surface area (Å²) in [7, 11) is -7.30. The molecule has 0 aromatic heterocycles. The van der Waals surface area contributed by atoms with Gasteiger partial charge in [0.25, 0.3) is 0 Å². The summed E-state index contributed by atoms with van der Waals surface area (Å²) >= 11 is 0. The van der Waals surface area contributed by atoms with Crippen molar-refractivity contribution in [1.29, 1.82) is 0 Å². The monoisotopic (exact) mass is 929 g/mol. The number of carbonyl (C=O) groups excluding carboxylic acids is 2. The van der Waals surface area contributed by atoms with Crippen molar-refractivity contribution in [2.45, 2.75) is 258 Å². The third-order valence-corrected chi connectivity index (χ3v) is 13.0. The molecule has 0 aliphatic carbocycles. The van der Waals surface area contributed by atoms with Gasteiger partial charge >= 0.3 is 37.7 Å². The van der Waals surface area contributed by atoms with Crippen molar-refractivity contribution in [1.82, 2.24) is 9.44 Å². The summed E-state index contributed by atoms with van der Waals surface area (Å²) in [5, 5.41) is 22.6. The van der Waals surface area contributed by atoms with Gasteiger partial charge in [-0.15, -0.1) is 0 Å². The molecule has 0 spiro atoms. The predicted octanol–water partition coefficient (Wildman–Crippen LogP) is 10.8. The third-order valence-electron chi connectivity index (χ3n) is 10.8. The number of nitrogens with one attached hydrogen (secondary N) is 2. The molecule has 13 heteroatoms. The minimum absolute atomic E-state index is 0. The fraction of sp³-hybridized carbons (Fsp3) is 0.875. The second kappa shape index (κ2) is 50.5. The molecule has 0 radical (unpaired) electrons. The van der Waals surface area contributed by atoms with E-state index in [2.05, 4.69) is 13.8 Å². The van der Waals surface area contributed by atoms with Crippen molar-refractivity contribution in [3.63, 3.8) is 0 Å². The van der Waals surface area contributed by atoms with Gasteiger partial charge in [-0.05, 0) is 25.7 Å². The molecule has 61 heavy (non-hydrogen) atoms. The first-order valence-corrected chi connectivity index (χ1v) is 27.8. The summed E-state index contributed by atoms with van der Waals surface area (Å²) in [6.07, 6.45) is 52.5. The van der Waals surface area contributed by atoms with E-state index in [0.717, 1.165) is 36.5 Å². The SMILES string of the molecule is CCCCCCCCCCCCCCCCCCCC/C=C/S(=O)(=O)NCC(=O)[O-].CCCCCCCCCCCCCCCCCCCC/C=C/S(=O)(=O)NCC(=O)[O-].[Ca+2]. The molecule has 0 fully saturated rings. The second-order valence-corrected chi connectivity index (χ2v) is 20.1. The zero-order valence-corrected chi connectivity index (χ0v) is 43.2. The van der Waals surface area contributed by atoms with Crippen molar-refractivity contribution in [3.05, 3.63) is 23.0 Å². The summed E-state index contributed by atoms with van der Waals surface area (Å²) in [5.41, 5.74) is 0. The van der Waals surface area contributed by atoms with Crippen LogP contribution in [0.25, 0.3) is 0 Å². The van der Waals surface area contributed by atoms with Crippen LogP contribution in [0.5, 0.6) is 0 Å². The van der Waals surface area contributed by atoms with Crippen molar-refractivity contribution >= 4 is 69.7 Å². The molecule has 0 saturated heterocycles. The molecule has 0 bridgehead atoms. The van der Waals surface area contributed by atoms with E-state index in [1.165, 1.54) is 205 Å². The fourth-order valence-corrected chi connectivity index (χ4v) is 8.74. The number of aliphatic carboxylic acids is 2. The Hall–Kier alpha value is -0.500. The first kappa shape index (κ1) is 64.8. The van der Waals surface area contributed by atoms with Gasteiger partial charge in [0, 0.05) is 10.8 Å². The zero-order chi connectivity index (χ0) is 44.7. The van der Waals surface area contributed by atoms with Crippen LogP contribution in [0.3, 0.4) is 0 Å². The van der Waals surface area contributed by atoms with Crippen LogP contribution >= 0.6 is 0 Å². The first-order chi connectivity index (χ1) is 29.0. The molecular formula is C48H92CaN2O8S2. The Kier molecular flexibility index (Phi) is 53.6. The standard InChI is InChI=1S/2C24H47NO4S.Ca/c2*1-2-3-4-5-6-7-8-9-10-11-12-13-14-15-16-17-18-19-20-21-22-30(28,29)25-23-24(26)27;/h2*21-22,25H,2-20,23H2,1H3,(H,26,27);/q;;+2/p-2/b2*22-21+;. The quantitative estimate of drug-likeness (QED) is 0.0448. The van der Waals surface area contributed by atoms with E-state index in [-0.39, 0.29) is 37.7 Å². The van der Waals surface area contributed by atoms with Crippen molar-refractivity contribution < 1.29 is 36.6 Å². The van der Waals surface area contributed by atoms with Gasteiger partial charge in [0.2, 0.25) is 20.0 Å². The molecule has 0 unspecified atom stereocenters. The summed E-state index contributed by atoms with van der Waals surface area (Å²) in [6, 6.07) is 0. The average molecular weight is 929 g/mol. The second-order valence-electron chi connectivity index (χ2n) is 16.8. The molecule has 2 N–H and O–H groups in total. The number of carboxylic acid groups (broad SMARTS) is 2. The van der Waals surface area contributed by atoms with Crippen LogP contribution in [0.15, 0.2) is 23.0 Å². The Labute approximate surface area is 406 Å². The van der Waals surface area contributed by atoms with E-state index in [4.69, 9.17) is 0 Å². The topological polar surface area (TPSA) is 173 Å². The van der Waals surface area contributed by atoms with Gasteiger partial charge in [-0.25, -0.2) is 26.3 Å². The van der Waals surface area contributed by atoms with E-state index < -0.39 is 45.1 Å². The molecule has 0 aromatic rings. The maximum atomic E-state index is 11.4. The summed E-state index contributed by atoms with van der Waals surface area (Å²) in [6.45, 7) is 3.16. The number of hydrogen-bond donors (Lipinski definition) is 2. The molecule has 0 saturated carbocycles. The number of rotatable bonds is 46. The van der Waals surface area contributed by atoms with Crippen molar-refractivity contribution in [3.8, 4) is 0 Å². The number of unbranched alkanes of at least 4 members (excludes halogenated alkanes) is 36. The van der Waals surface area contributed by atoms with E-state index >= 15 is 0 Å². The van der Waals surface area contributed by atoms with Gasteiger partial charge in [0.15, 0.2) is 0 Å². The number of carboxylic acids is 2. The van der Waals surface area contributed by atoms with Gasteiger partial charge in [-0.2, -0.15) is 0 Å². The predicted molar refractivity (Wildman–Crippen MR) is 255 cm³/mol. The smallest absolute Gasteiger partial charge is 0.549 e. The molecule has 0 aliphatic rings. The number of hydrogen-bond acceptors (Lipinski definition) is 8. The largest absolute Gasteiger partial charge is 2.00 e. The van der Waals surface area contributed by atoms with Gasteiger partial charge in [-0.3, -0.25) is 0 Å². The molecule has 0 rings (SSSR count). The summed E-state index contributed by atoms with van der Waals surface area (Å²) < 4.78 is 49.6. The van der Waals surface area contributed by atoms with Gasteiger partial charge in [0.1, 0.15) is 0 Å². The van der Waals surface area contributed by atoms with Gasteiger partial charge in [0.05, 0.1) is 25.0 Å². The van der Waals surface area contributed by atoms with Crippen LogP contribution in [0.4, 0.5) is 0 Å². The minimum atomic E-state index is -3.65. The molecule has 0 aromatic carbocycles. The molecule has 0 aliphatic heterocycles. The normalized spacial score (nSPS) is 11.8. The minimum Gasteiger partial charge on any atom is -0.549 e. The van der Waals surface area contributed by atoms with Crippen molar-refractivity contribution in [2.24, 2.45) is 0 Å². The maximum absolute atomic E-state index is 11.4. The molecule has 0 atom stereocenters. The van der Waals surface area contributed by atoms with Crippen LogP contribution in [0.2, 0.25) is 0 Å². The molecule has 0 amide bonds. The van der Waals surface area contributed by atoms with Crippen LogP contribution in [0, 0.1) is 0 Å². The van der Waals surface area contributed by atoms with E-state index in [1.807, 2.05) is 9.44 Å². The Balaban J connectivity index is -0.00000109. The average Bonchev–Trinajstić information content (AvgIpc) is 3.21. The third kappa shape index (κ3) is 59.5. The van der Waals surface area contributed by atoms with Crippen molar-refractivity contribution in [2.75, 3.05) is 13.1 Å². The molecule has 10 nitrogen and oxygen atoms in total. The van der Waals surface area contributed by atoms with E-state index in [9.17, 15) is 36.6 Å². The van der Waals surface area contributed by atoms with Crippen LogP contribution in [-0.2, 0) is 29.6 Å². The Bertz CT molecular complexity index is 1140. The Morgan fingerprint density at radius 1 is 0.361 bits per heavy atom. The number of carbonyl (C=O) groups is 2. The van der Waals surface area contributed by atoms with Crippen LogP contribution < -0.4 is 19.7 Å². The number of sulfonamides is 2. The maximum Gasteiger partial charge on any atom is 2.00 e. The summed E-state index contributed by atoms with van der Waals surface area (Å²) in [4.78, 5) is 20.5. The molecular weight excluding hydrogens is 837 g/mol. The first-order valence-electron chi connectivity index (χ1n) is 24.7. The van der Waals surface area contributed by atoms with Crippen LogP contribution in [-0.4, -0.2) is 79.6 Å². The van der Waals surface area contributed by atoms with Gasteiger partial charge in [-0.1, -0.05) is 244 Å².